The summed E-state index contributed by atoms with van der Waals surface area (Å²) in [5.41, 5.74) is -1.60. The van der Waals surface area contributed by atoms with E-state index in [1.54, 1.807) is 58.0 Å². The maximum Gasteiger partial charge on any atom is 0.417 e. The van der Waals surface area contributed by atoms with Crippen LogP contribution < -0.4 is 4.74 Å². The van der Waals surface area contributed by atoms with E-state index in [9.17, 15) is 18.0 Å². The lowest BCUT2D eigenvalue weighted by atomic mass is 9.89. The molecule has 0 bridgehead atoms. The van der Waals surface area contributed by atoms with Gasteiger partial charge < -0.3 is 13.9 Å². The van der Waals surface area contributed by atoms with Gasteiger partial charge in [-0.2, -0.15) is 13.2 Å². The van der Waals surface area contributed by atoms with Crippen LogP contribution in [-0.4, -0.2) is 17.2 Å². The SMILES string of the molecule is C=CC(=O)OC(C)(C)C(C)(C)Oc1ccc2cc(-c3ccc(CCCCC)cc3C(F)(F)F)oc2c1. The van der Waals surface area contributed by atoms with Gasteiger partial charge in [0, 0.05) is 23.1 Å². The molecule has 0 atom stereocenters. The summed E-state index contributed by atoms with van der Waals surface area (Å²) in [6, 6.07) is 11.1. The number of rotatable bonds is 10. The smallest absolute Gasteiger partial charge is 0.417 e. The molecule has 0 N–H and O–H groups in total. The van der Waals surface area contributed by atoms with E-state index in [0.717, 1.165) is 25.3 Å². The summed E-state index contributed by atoms with van der Waals surface area (Å²) in [5, 5.41) is 0.646. The number of halogens is 3. The Morgan fingerprint density at radius 2 is 1.72 bits per heavy atom. The van der Waals surface area contributed by atoms with Gasteiger partial charge in [-0.3, -0.25) is 0 Å². The second kappa shape index (κ2) is 10.4. The first kappa shape index (κ1) is 27.4. The number of furan rings is 1. The van der Waals surface area contributed by atoms with E-state index < -0.39 is 28.9 Å². The van der Waals surface area contributed by atoms with Crippen LogP contribution in [-0.2, 0) is 22.1 Å². The van der Waals surface area contributed by atoms with E-state index in [0.29, 0.717) is 28.7 Å². The number of ether oxygens (including phenoxy) is 2. The molecule has 0 unspecified atom stereocenters. The van der Waals surface area contributed by atoms with E-state index in [4.69, 9.17) is 13.9 Å². The third-order valence-electron chi connectivity index (χ3n) is 6.56. The van der Waals surface area contributed by atoms with Crippen molar-refractivity contribution >= 4 is 16.9 Å². The van der Waals surface area contributed by atoms with Gasteiger partial charge in [0.05, 0.1) is 5.56 Å². The molecule has 0 amide bonds. The summed E-state index contributed by atoms with van der Waals surface area (Å²) in [5.74, 6) is -0.00724. The van der Waals surface area contributed by atoms with Gasteiger partial charge in [-0.25, -0.2) is 4.79 Å². The predicted molar refractivity (Wildman–Crippen MR) is 135 cm³/mol. The number of alkyl halides is 3. The number of hydrogen-bond donors (Lipinski definition) is 0. The van der Waals surface area contributed by atoms with Crippen LogP contribution in [0.15, 0.2) is 59.5 Å². The lowest BCUT2D eigenvalue weighted by molar-refractivity contribution is -0.170. The molecule has 0 aliphatic heterocycles. The first-order valence-electron chi connectivity index (χ1n) is 12.1. The summed E-state index contributed by atoms with van der Waals surface area (Å²) in [6.45, 7) is 12.5. The van der Waals surface area contributed by atoms with Crippen molar-refractivity contribution in [2.75, 3.05) is 0 Å². The molecule has 0 saturated carbocycles. The third kappa shape index (κ3) is 6.12. The molecule has 0 radical (unpaired) electrons. The monoisotopic (exact) mass is 502 g/mol. The van der Waals surface area contributed by atoms with E-state index in [2.05, 4.69) is 13.5 Å². The highest BCUT2D eigenvalue weighted by Gasteiger charge is 2.42. The summed E-state index contributed by atoms with van der Waals surface area (Å²) in [6.07, 6.45) is 0.00111. The quantitative estimate of drug-likeness (QED) is 0.158. The van der Waals surface area contributed by atoms with Crippen molar-refractivity contribution in [2.45, 2.75) is 77.7 Å². The Bertz CT molecular complexity index is 1240. The molecule has 0 aliphatic rings. The molecule has 0 saturated heterocycles. The van der Waals surface area contributed by atoms with Crippen molar-refractivity contribution in [3.63, 3.8) is 0 Å². The molecule has 3 rings (SSSR count). The maximum absolute atomic E-state index is 13.9. The summed E-state index contributed by atoms with van der Waals surface area (Å²) in [4.78, 5) is 11.7. The average molecular weight is 503 g/mol. The second-order valence-electron chi connectivity index (χ2n) is 9.89. The number of unbranched alkanes of at least 4 members (excludes halogenated alkanes) is 2. The zero-order chi connectivity index (χ0) is 26.7. The molecule has 1 heterocycles. The van der Waals surface area contributed by atoms with Crippen LogP contribution >= 0.6 is 0 Å². The third-order valence-corrected chi connectivity index (χ3v) is 6.56. The molecule has 36 heavy (non-hydrogen) atoms. The van der Waals surface area contributed by atoms with Gasteiger partial charge in [0.2, 0.25) is 0 Å². The van der Waals surface area contributed by atoms with E-state index in [1.807, 2.05) is 0 Å². The van der Waals surface area contributed by atoms with Crippen LogP contribution in [0.2, 0.25) is 0 Å². The number of benzene rings is 2. The number of esters is 1. The van der Waals surface area contributed by atoms with Crippen molar-refractivity contribution in [3.8, 4) is 17.1 Å². The van der Waals surface area contributed by atoms with E-state index in [-0.39, 0.29) is 11.3 Å². The van der Waals surface area contributed by atoms with Gasteiger partial charge in [0.25, 0.3) is 0 Å². The van der Waals surface area contributed by atoms with Gasteiger partial charge in [-0.15, -0.1) is 0 Å². The lowest BCUT2D eigenvalue weighted by Crippen LogP contribution is -2.52. The molecule has 1 aromatic heterocycles. The predicted octanol–water partition coefficient (Wildman–Crippen LogP) is 8.52. The molecule has 4 nitrogen and oxygen atoms in total. The van der Waals surface area contributed by atoms with Gasteiger partial charge in [0.15, 0.2) is 0 Å². The number of aryl methyl sites for hydroxylation is 1. The molecule has 0 fully saturated rings. The van der Waals surface area contributed by atoms with Crippen molar-refractivity contribution in [1.82, 2.24) is 0 Å². The second-order valence-corrected chi connectivity index (χ2v) is 9.89. The fourth-order valence-corrected chi connectivity index (χ4v) is 3.82. The number of carbonyl (C=O) groups is 1. The summed E-state index contributed by atoms with van der Waals surface area (Å²) >= 11 is 0. The Labute approximate surface area is 210 Å². The summed E-state index contributed by atoms with van der Waals surface area (Å²) < 4.78 is 59.2. The molecular weight excluding hydrogens is 469 g/mol. The topological polar surface area (TPSA) is 48.7 Å². The minimum absolute atomic E-state index is 0.00166. The largest absolute Gasteiger partial charge is 0.484 e. The Morgan fingerprint density at radius 3 is 2.36 bits per heavy atom. The molecular formula is C29H33F3O4. The van der Waals surface area contributed by atoms with Crippen LogP contribution in [0, 0.1) is 0 Å². The van der Waals surface area contributed by atoms with Gasteiger partial charge in [-0.1, -0.05) is 38.5 Å². The van der Waals surface area contributed by atoms with Gasteiger partial charge >= 0.3 is 12.1 Å². The maximum atomic E-state index is 13.9. The van der Waals surface area contributed by atoms with Gasteiger partial charge in [0.1, 0.15) is 28.3 Å². The number of hydrogen-bond acceptors (Lipinski definition) is 4. The highest BCUT2D eigenvalue weighted by atomic mass is 19.4. The van der Waals surface area contributed by atoms with Crippen molar-refractivity contribution < 1.29 is 31.9 Å². The average Bonchev–Trinajstić information content (AvgIpc) is 3.21. The Morgan fingerprint density at radius 1 is 1.00 bits per heavy atom. The fraction of sp³-hybridized carbons (Fsp3) is 0.414. The molecule has 0 aliphatic carbocycles. The van der Waals surface area contributed by atoms with Crippen LogP contribution in [0.5, 0.6) is 5.75 Å². The fourth-order valence-electron chi connectivity index (χ4n) is 3.82. The minimum atomic E-state index is -4.51. The summed E-state index contributed by atoms with van der Waals surface area (Å²) in [7, 11) is 0. The van der Waals surface area contributed by atoms with Crippen molar-refractivity contribution in [3.05, 3.63) is 66.2 Å². The molecule has 2 aromatic carbocycles. The standard InChI is InChI=1S/C29H33F3O4/c1-7-9-10-11-19-12-15-22(23(16-19)29(30,31)32)25-17-20-13-14-21(18-24(20)34-25)35-27(3,4)28(5,6)36-26(33)8-2/h8,12-18H,2,7,9-11H2,1,3-6H3. The van der Waals surface area contributed by atoms with Crippen LogP contribution in [0.3, 0.4) is 0 Å². The molecule has 3 aromatic rings. The zero-order valence-electron chi connectivity index (χ0n) is 21.4. The van der Waals surface area contributed by atoms with Crippen LogP contribution in [0.4, 0.5) is 13.2 Å². The Kier molecular flexibility index (Phi) is 7.91. The van der Waals surface area contributed by atoms with Crippen molar-refractivity contribution in [2.24, 2.45) is 0 Å². The number of fused-ring (bicyclic) bond motifs is 1. The molecule has 194 valence electrons. The first-order chi connectivity index (χ1) is 16.8. The number of carbonyl (C=O) groups excluding carboxylic acids is 1. The Hall–Kier alpha value is -3.22. The van der Waals surface area contributed by atoms with E-state index >= 15 is 0 Å². The molecule has 0 spiro atoms. The van der Waals surface area contributed by atoms with Crippen LogP contribution in [0.25, 0.3) is 22.3 Å². The molecule has 7 heteroatoms. The highest BCUT2D eigenvalue weighted by molar-refractivity contribution is 5.85. The Balaban J connectivity index is 1.93. The van der Waals surface area contributed by atoms with E-state index in [1.165, 1.54) is 12.1 Å². The van der Waals surface area contributed by atoms with Gasteiger partial charge in [-0.05, 0) is 70.4 Å². The lowest BCUT2D eigenvalue weighted by Gasteiger charge is -2.40. The highest BCUT2D eigenvalue weighted by Crippen LogP contribution is 2.40. The normalized spacial score (nSPS) is 12.6. The van der Waals surface area contributed by atoms with Crippen LogP contribution in [0.1, 0.15) is 65.0 Å². The first-order valence-corrected chi connectivity index (χ1v) is 12.1. The minimum Gasteiger partial charge on any atom is -0.484 e. The zero-order valence-corrected chi connectivity index (χ0v) is 21.4. The van der Waals surface area contributed by atoms with Crippen molar-refractivity contribution in [1.29, 1.82) is 0 Å².